The maximum Gasteiger partial charge on any atom is 0.192 e. The molecular formula is C39H43FN2O2Si. The molecule has 0 fully saturated rings. The fraction of sp³-hybridized carbons (Fsp3) is 0.308. The number of hydrogen-bond donors (Lipinski definition) is 1. The summed E-state index contributed by atoms with van der Waals surface area (Å²) in [5.74, 6) is -0.374. The van der Waals surface area contributed by atoms with Gasteiger partial charge in [0.1, 0.15) is 17.0 Å². The van der Waals surface area contributed by atoms with Gasteiger partial charge in [-0.3, -0.25) is 0 Å². The molecule has 1 aliphatic carbocycles. The van der Waals surface area contributed by atoms with Gasteiger partial charge in [-0.1, -0.05) is 112 Å². The maximum absolute atomic E-state index is 15.4. The minimum Gasteiger partial charge on any atom is -0.410 e. The Morgan fingerprint density at radius 2 is 1.33 bits per heavy atom. The summed E-state index contributed by atoms with van der Waals surface area (Å²) in [6.45, 7) is 12.8. The number of imidazole rings is 1. The lowest BCUT2D eigenvalue weighted by molar-refractivity contribution is 0.0963. The lowest BCUT2D eigenvalue weighted by atomic mass is 9.76. The third-order valence-electron chi connectivity index (χ3n) is 10.1. The van der Waals surface area contributed by atoms with Crippen LogP contribution in [0.5, 0.6) is 0 Å². The van der Waals surface area contributed by atoms with Gasteiger partial charge in [-0.05, 0) is 83.4 Å². The maximum atomic E-state index is 15.4. The molecule has 2 unspecified atom stereocenters. The first-order valence-electron chi connectivity index (χ1n) is 15.8. The normalized spacial score (nSPS) is 16.8. The van der Waals surface area contributed by atoms with Crippen LogP contribution in [0.4, 0.5) is 4.39 Å². The molecule has 4 aromatic carbocycles. The van der Waals surface area contributed by atoms with Crippen molar-refractivity contribution >= 4 is 8.32 Å². The van der Waals surface area contributed by atoms with Crippen LogP contribution in [0.25, 0.3) is 0 Å². The van der Waals surface area contributed by atoms with Gasteiger partial charge < -0.3 is 14.1 Å². The van der Waals surface area contributed by atoms with Gasteiger partial charge in [-0.25, -0.2) is 9.37 Å². The van der Waals surface area contributed by atoms with Gasteiger partial charge in [0.2, 0.25) is 0 Å². The number of rotatable bonds is 8. The number of halogens is 1. The minimum absolute atomic E-state index is 0.0347. The number of fused-ring (bicyclic) bond motifs is 1. The third kappa shape index (κ3) is 5.39. The highest BCUT2D eigenvalue weighted by Crippen LogP contribution is 2.47. The van der Waals surface area contributed by atoms with Crippen LogP contribution < -0.4 is 0 Å². The van der Waals surface area contributed by atoms with E-state index in [1.54, 1.807) is 19.3 Å². The fourth-order valence-corrected chi connectivity index (χ4v) is 7.93. The van der Waals surface area contributed by atoms with Gasteiger partial charge in [0.05, 0.1) is 18.1 Å². The van der Waals surface area contributed by atoms with Crippen LogP contribution in [0.3, 0.4) is 0 Å². The summed E-state index contributed by atoms with van der Waals surface area (Å²) in [6.07, 6.45) is 5.00. The van der Waals surface area contributed by atoms with Crippen LogP contribution in [-0.2, 0) is 22.0 Å². The van der Waals surface area contributed by atoms with Crippen molar-refractivity contribution < 1.29 is 13.9 Å². The van der Waals surface area contributed by atoms with Crippen molar-refractivity contribution in [2.75, 3.05) is 0 Å². The van der Waals surface area contributed by atoms with Crippen molar-refractivity contribution in [2.45, 2.75) is 75.9 Å². The smallest absolute Gasteiger partial charge is 0.192 e. The molecule has 1 aliphatic rings. The highest BCUT2D eigenvalue weighted by molar-refractivity contribution is 6.74. The average molecular weight is 619 g/mol. The van der Waals surface area contributed by atoms with Crippen molar-refractivity contribution in [3.05, 3.63) is 161 Å². The first kappa shape index (κ1) is 31.2. The standard InChI is InChI=1S/C39H43FN2O2Si/c1-37(2,3)45(5,6)44-35-23-22-32-33(35)24-31(40)25-34(32)38(4,43)36-26-42(27-41-36)39(28-16-10-7-11-17-28,29-18-12-8-13-19-29)30-20-14-9-15-21-30/h7-21,24-27,35,43H,22-23H2,1-6H3. The Bertz CT molecular complexity index is 1680. The molecule has 6 heteroatoms. The molecule has 2 atom stereocenters. The summed E-state index contributed by atoms with van der Waals surface area (Å²) >= 11 is 0. The highest BCUT2D eigenvalue weighted by Gasteiger charge is 2.44. The van der Waals surface area contributed by atoms with Gasteiger partial charge >= 0.3 is 0 Å². The number of aromatic nitrogens is 2. The Morgan fingerprint density at radius 1 is 0.822 bits per heavy atom. The number of benzene rings is 4. The lowest BCUT2D eigenvalue weighted by Crippen LogP contribution is -2.41. The average Bonchev–Trinajstić information content (AvgIpc) is 3.67. The van der Waals surface area contributed by atoms with E-state index in [2.05, 4.69) is 74.8 Å². The zero-order chi connectivity index (χ0) is 32.0. The van der Waals surface area contributed by atoms with E-state index in [0.717, 1.165) is 34.2 Å². The van der Waals surface area contributed by atoms with Gasteiger partial charge in [-0.2, -0.15) is 0 Å². The van der Waals surface area contributed by atoms with Crippen LogP contribution in [0, 0.1) is 5.82 Å². The Morgan fingerprint density at radius 3 is 1.82 bits per heavy atom. The summed E-state index contributed by atoms with van der Waals surface area (Å²) < 4.78 is 24.3. The summed E-state index contributed by atoms with van der Waals surface area (Å²) in [6, 6.07) is 34.1. The Kier molecular flexibility index (Phi) is 7.96. The van der Waals surface area contributed by atoms with E-state index in [-0.39, 0.29) is 17.0 Å². The second-order valence-electron chi connectivity index (χ2n) is 14.0. The molecule has 1 heterocycles. The van der Waals surface area contributed by atoms with Gasteiger partial charge in [0.25, 0.3) is 0 Å². The van der Waals surface area contributed by atoms with Crippen LogP contribution in [0.15, 0.2) is 116 Å². The Balaban J connectivity index is 1.49. The molecule has 6 rings (SSSR count). The summed E-state index contributed by atoms with van der Waals surface area (Å²) in [7, 11) is -2.10. The molecule has 0 saturated heterocycles. The van der Waals surface area contributed by atoms with E-state index in [1.807, 2.05) is 60.8 Å². The topological polar surface area (TPSA) is 47.3 Å². The first-order chi connectivity index (χ1) is 21.4. The fourth-order valence-electron chi connectivity index (χ4n) is 6.63. The molecule has 0 saturated carbocycles. The predicted octanol–water partition coefficient (Wildman–Crippen LogP) is 9.13. The van der Waals surface area contributed by atoms with E-state index in [1.165, 1.54) is 6.07 Å². The Hall–Kier alpha value is -3.84. The molecule has 0 amide bonds. The quantitative estimate of drug-likeness (QED) is 0.139. The summed E-state index contributed by atoms with van der Waals surface area (Å²) in [5, 5.41) is 12.3. The number of hydrogen-bond acceptors (Lipinski definition) is 3. The molecule has 232 valence electrons. The third-order valence-corrected chi connectivity index (χ3v) is 14.5. The zero-order valence-electron chi connectivity index (χ0n) is 27.1. The molecule has 45 heavy (non-hydrogen) atoms. The van der Waals surface area contributed by atoms with Crippen molar-refractivity contribution in [1.29, 1.82) is 0 Å². The second kappa shape index (κ2) is 11.5. The molecule has 1 N–H and O–H groups in total. The monoisotopic (exact) mass is 618 g/mol. The molecular weight excluding hydrogens is 576 g/mol. The minimum atomic E-state index is -2.10. The van der Waals surface area contributed by atoms with Crippen LogP contribution in [0.2, 0.25) is 18.1 Å². The number of nitrogens with zero attached hydrogens (tertiary/aromatic N) is 2. The van der Waals surface area contributed by atoms with Gasteiger partial charge in [0.15, 0.2) is 8.32 Å². The molecule has 0 radical (unpaired) electrons. The van der Waals surface area contributed by atoms with E-state index < -0.39 is 19.5 Å². The van der Waals surface area contributed by atoms with E-state index in [9.17, 15) is 5.11 Å². The zero-order valence-corrected chi connectivity index (χ0v) is 28.1. The Labute approximate surface area is 267 Å². The van der Waals surface area contributed by atoms with Crippen LogP contribution >= 0.6 is 0 Å². The first-order valence-corrected chi connectivity index (χ1v) is 18.7. The van der Waals surface area contributed by atoms with Crippen molar-refractivity contribution in [3.63, 3.8) is 0 Å². The molecule has 5 aromatic rings. The lowest BCUT2D eigenvalue weighted by Gasteiger charge is -2.38. The van der Waals surface area contributed by atoms with Crippen molar-refractivity contribution in [3.8, 4) is 0 Å². The largest absolute Gasteiger partial charge is 0.410 e. The number of aliphatic hydroxyl groups is 1. The van der Waals surface area contributed by atoms with Crippen LogP contribution in [-0.4, -0.2) is 23.0 Å². The van der Waals surface area contributed by atoms with E-state index in [0.29, 0.717) is 17.7 Å². The van der Waals surface area contributed by atoms with E-state index >= 15 is 4.39 Å². The summed E-state index contributed by atoms with van der Waals surface area (Å²) in [5.41, 5.74) is 3.68. The van der Waals surface area contributed by atoms with Crippen molar-refractivity contribution in [2.24, 2.45) is 0 Å². The van der Waals surface area contributed by atoms with Gasteiger partial charge in [-0.15, -0.1) is 0 Å². The summed E-state index contributed by atoms with van der Waals surface area (Å²) in [4.78, 5) is 4.84. The molecule has 0 bridgehead atoms. The van der Waals surface area contributed by atoms with Crippen LogP contribution in [0.1, 0.15) is 79.3 Å². The molecule has 1 aromatic heterocycles. The van der Waals surface area contributed by atoms with E-state index in [4.69, 9.17) is 9.41 Å². The second-order valence-corrected chi connectivity index (χ2v) is 18.7. The molecule has 0 spiro atoms. The highest BCUT2D eigenvalue weighted by atomic mass is 28.4. The molecule has 0 aliphatic heterocycles. The van der Waals surface area contributed by atoms with Crippen molar-refractivity contribution in [1.82, 2.24) is 9.55 Å². The predicted molar refractivity (Wildman–Crippen MR) is 181 cm³/mol. The molecule has 4 nitrogen and oxygen atoms in total. The van der Waals surface area contributed by atoms with Gasteiger partial charge in [0, 0.05) is 6.20 Å². The SMILES string of the molecule is CC(O)(c1cn(C(c2ccccc2)(c2ccccc2)c2ccccc2)cn1)c1cc(F)cc2c1CCC2O[Si](C)(C)C(C)(C)C.